The maximum absolute atomic E-state index is 8.81. The Kier molecular flexibility index (Phi) is 4.18. The van der Waals surface area contributed by atoms with Crippen molar-refractivity contribution in [2.24, 2.45) is 11.1 Å². The molecule has 2 rings (SSSR count). The lowest BCUT2D eigenvalue weighted by atomic mass is 10.1. The summed E-state index contributed by atoms with van der Waals surface area (Å²) in [4.78, 5) is 0. The van der Waals surface area contributed by atoms with E-state index >= 15 is 0 Å². The summed E-state index contributed by atoms with van der Waals surface area (Å²) < 4.78 is 11.2. The molecule has 4 nitrogen and oxygen atoms in total. The Hall–Kier alpha value is -1.44. The van der Waals surface area contributed by atoms with Gasteiger partial charge in [-0.15, -0.1) is 0 Å². The summed E-state index contributed by atoms with van der Waals surface area (Å²) in [6.07, 6.45) is 2.60. The fraction of sp³-hybridized carbons (Fsp3) is 0.500. The zero-order valence-electron chi connectivity index (χ0n) is 10.9. The van der Waals surface area contributed by atoms with Crippen LogP contribution in [-0.4, -0.2) is 13.7 Å². The minimum Gasteiger partial charge on any atom is -0.493 e. The first kappa shape index (κ1) is 14.0. The third-order valence-electron chi connectivity index (χ3n) is 3.47. The molecule has 1 saturated carbocycles. The minimum absolute atomic E-state index is 0.0191. The molecule has 0 aromatic heterocycles. The number of methoxy groups -OCH3 is 1. The van der Waals surface area contributed by atoms with Crippen molar-refractivity contribution < 1.29 is 9.47 Å². The molecule has 2 N–H and O–H groups in total. The van der Waals surface area contributed by atoms with Crippen molar-refractivity contribution in [3.8, 4) is 17.6 Å². The van der Waals surface area contributed by atoms with Crippen molar-refractivity contribution in [3.63, 3.8) is 0 Å². The minimum atomic E-state index is 0.0191. The van der Waals surface area contributed by atoms with Crippen LogP contribution in [0.15, 0.2) is 12.1 Å². The average Bonchev–Trinajstić information content (AvgIpc) is 3.16. The van der Waals surface area contributed by atoms with Gasteiger partial charge in [0.2, 0.25) is 0 Å². The molecule has 0 bridgehead atoms. The predicted octanol–water partition coefficient (Wildman–Crippen LogP) is 2.88. The lowest BCUT2D eigenvalue weighted by Crippen LogP contribution is -2.14. The molecule has 0 aliphatic heterocycles. The van der Waals surface area contributed by atoms with Gasteiger partial charge in [-0.2, -0.15) is 5.26 Å². The van der Waals surface area contributed by atoms with Crippen molar-refractivity contribution in [1.29, 1.82) is 5.26 Å². The van der Waals surface area contributed by atoms with Crippen LogP contribution in [0.2, 0.25) is 5.02 Å². The van der Waals surface area contributed by atoms with Gasteiger partial charge in [-0.25, -0.2) is 0 Å². The molecule has 0 spiro atoms. The Balaban J connectivity index is 2.17. The molecule has 1 aliphatic carbocycles. The number of nitrogens with two attached hydrogens (primary N) is 1. The van der Waals surface area contributed by atoms with Crippen LogP contribution in [0.1, 0.15) is 24.8 Å². The van der Waals surface area contributed by atoms with E-state index in [1.807, 2.05) is 0 Å². The van der Waals surface area contributed by atoms with Crippen molar-refractivity contribution in [3.05, 3.63) is 22.7 Å². The number of hydrogen-bond acceptors (Lipinski definition) is 4. The second-order valence-corrected chi connectivity index (χ2v) is 5.36. The highest BCUT2D eigenvalue weighted by atomic mass is 35.5. The van der Waals surface area contributed by atoms with Gasteiger partial charge in [0.15, 0.2) is 11.5 Å². The van der Waals surface area contributed by atoms with Gasteiger partial charge >= 0.3 is 0 Å². The zero-order chi connectivity index (χ0) is 13.9. The quantitative estimate of drug-likeness (QED) is 0.870. The van der Waals surface area contributed by atoms with E-state index < -0.39 is 0 Å². The number of nitrogens with zero attached hydrogens (tertiary/aromatic N) is 1. The topological polar surface area (TPSA) is 68.3 Å². The van der Waals surface area contributed by atoms with E-state index in [2.05, 4.69) is 6.07 Å². The van der Waals surface area contributed by atoms with E-state index in [1.54, 1.807) is 19.2 Å². The molecule has 102 valence electrons. The first-order valence-electron chi connectivity index (χ1n) is 6.20. The molecule has 1 fully saturated rings. The first-order valence-corrected chi connectivity index (χ1v) is 6.58. The Bertz CT molecular complexity index is 482. The molecule has 0 radical (unpaired) electrons. The summed E-state index contributed by atoms with van der Waals surface area (Å²) in [5, 5.41) is 9.38. The van der Waals surface area contributed by atoms with E-state index in [0.717, 1.165) is 18.4 Å². The van der Waals surface area contributed by atoms with Crippen LogP contribution in [0.3, 0.4) is 0 Å². The molecular weight excluding hydrogens is 264 g/mol. The van der Waals surface area contributed by atoms with E-state index in [-0.39, 0.29) is 5.41 Å². The van der Waals surface area contributed by atoms with Crippen LogP contribution >= 0.6 is 11.6 Å². The maximum atomic E-state index is 8.81. The summed E-state index contributed by atoms with van der Waals surface area (Å²) in [6.45, 7) is 0.850. The zero-order valence-corrected chi connectivity index (χ0v) is 11.7. The number of ether oxygens (including phenoxy) is 2. The molecule has 5 heteroatoms. The lowest BCUT2D eigenvalue weighted by molar-refractivity contribution is 0.225. The van der Waals surface area contributed by atoms with Crippen LogP contribution in [0.4, 0.5) is 0 Å². The Morgan fingerprint density at radius 3 is 2.74 bits per heavy atom. The lowest BCUT2D eigenvalue weighted by Gasteiger charge is -2.18. The molecule has 19 heavy (non-hydrogen) atoms. The van der Waals surface area contributed by atoms with Gasteiger partial charge in [-0.05, 0) is 18.9 Å². The van der Waals surface area contributed by atoms with Crippen molar-refractivity contribution >= 4 is 11.6 Å². The van der Waals surface area contributed by atoms with Gasteiger partial charge in [0.25, 0.3) is 0 Å². The third kappa shape index (κ3) is 3.12. The van der Waals surface area contributed by atoms with E-state index in [1.165, 1.54) is 0 Å². The molecule has 0 unspecified atom stereocenters. The highest BCUT2D eigenvalue weighted by molar-refractivity contribution is 6.30. The van der Waals surface area contributed by atoms with Crippen molar-refractivity contribution in [2.45, 2.75) is 25.8 Å². The van der Waals surface area contributed by atoms with Gasteiger partial charge < -0.3 is 15.2 Å². The Morgan fingerprint density at radius 1 is 1.47 bits per heavy atom. The van der Waals surface area contributed by atoms with Crippen LogP contribution in [0, 0.1) is 16.7 Å². The Morgan fingerprint density at radius 2 is 2.21 bits per heavy atom. The second kappa shape index (κ2) is 5.68. The average molecular weight is 281 g/mol. The number of hydrogen-bond donors (Lipinski definition) is 1. The van der Waals surface area contributed by atoms with Crippen molar-refractivity contribution in [2.75, 3.05) is 13.7 Å². The van der Waals surface area contributed by atoms with Crippen LogP contribution in [-0.2, 0) is 6.54 Å². The smallest absolute Gasteiger partial charge is 0.165 e. The highest BCUT2D eigenvalue weighted by Gasteiger charge is 2.43. The van der Waals surface area contributed by atoms with Gasteiger partial charge in [-0.3, -0.25) is 0 Å². The third-order valence-corrected chi connectivity index (χ3v) is 3.69. The van der Waals surface area contributed by atoms with E-state index in [4.69, 9.17) is 32.1 Å². The molecule has 0 amide bonds. The van der Waals surface area contributed by atoms with Crippen LogP contribution < -0.4 is 15.2 Å². The molecule has 1 aliphatic rings. The highest BCUT2D eigenvalue weighted by Crippen LogP contribution is 2.49. The number of nitriles is 1. The van der Waals surface area contributed by atoms with Gasteiger partial charge in [0.05, 0.1) is 19.8 Å². The maximum Gasteiger partial charge on any atom is 0.165 e. The molecule has 0 heterocycles. The predicted molar refractivity (Wildman–Crippen MR) is 73.3 cm³/mol. The largest absolute Gasteiger partial charge is 0.493 e. The van der Waals surface area contributed by atoms with Gasteiger partial charge in [0, 0.05) is 35.0 Å². The first-order chi connectivity index (χ1) is 9.14. The number of halogens is 1. The molecular formula is C14H17ClN2O2. The summed E-state index contributed by atoms with van der Waals surface area (Å²) >= 11 is 6.00. The standard InChI is InChI=1S/C14H17ClN2O2/c1-18-12-7-11(15)6-10(8-17)13(12)19-9-14(2-3-14)4-5-16/h6-7H,2-4,8-9,17H2,1H3. The molecule has 1 aromatic rings. The molecule has 1 aromatic carbocycles. The summed E-state index contributed by atoms with van der Waals surface area (Å²) in [5.74, 6) is 1.22. The van der Waals surface area contributed by atoms with E-state index in [0.29, 0.717) is 36.1 Å². The molecule has 0 saturated heterocycles. The fourth-order valence-electron chi connectivity index (χ4n) is 2.03. The van der Waals surface area contributed by atoms with Gasteiger partial charge in [0.1, 0.15) is 0 Å². The fourth-order valence-corrected chi connectivity index (χ4v) is 2.26. The normalized spacial score (nSPS) is 15.7. The monoisotopic (exact) mass is 280 g/mol. The summed E-state index contributed by atoms with van der Waals surface area (Å²) in [7, 11) is 1.57. The summed E-state index contributed by atoms with van der Waals surface area (Å²) in [5.41, 5.74) is 6.55. The molecule has 0 atom stereocenters. The summed E-state index contributed by atoms with van der Waals surface area (Å²) in [6, 6.07) is 5.71. The number of benzene rings is 1. The van der Waals surface area contributed by atoms with Crippen molar-refractivity contribution in [1.82, 2.24) is 0 Å². The second-order valence-electron chi connectivity index (χ2n) is 4.92. The van der Waals surface area contributed by atoms with Gasteiger partial charge in [-0.1, -0.05) is 11.6 Å². The van der Waals surface area contributed by atoms with Crippen LogP contribution in [0.25, 0.3) is 0 Å². The SMILES string of the molecule is COc1cc(Cl)cc(CN)c1OCC1(CC#N)CC1. The van der Waals surface area contributed by atoms with Crippen LogP contribution in [0.5, 0.6) is 11.5 Å². The Labute approximate surface area is 118 Å². The number of rotatable bonds is 6. The van der Waals surface area contributed by atoms with E-state index in [9.17, 15) is 0 Å².